The Morgan fingerprint density at radius 1 is 0.846 bits per heavy atom. The average Bonchev–Trinajstić information content (AvgIpc) is 3.15. The number of para-hydroxylation sites is 2. The summed E-state index contributed by atoms with van der Waals surface area (Å²) >= 11 is 5.93. The minimum Gasteiger partial charge on any atom is -0.504 e. The monoisotopic (exact) mass is 362 g/mol. The lowest BCUT2D eigenvalue weighted by Crippen LogP contribution is -1.94. The maximum Gasteiger partial charge on any atom is 0.169 e. The van der Waals surface area contributed by atoms with E-state index in [1.165, 1.54) is 0 Å². The Morgan fingerprint density at radius 3 is 2.31 bits per heavy atom. The van der Waals surface area contributed by atoms with Gasteiger partial charge in [-0.3, -0.25) is 0 Å². The normalized spacial score (nSPS) is 10.7. The minimum atomic E-state index is 0.110. The highest BCUT2D eigenvalue weighted by Gasteiger charge is 2.06. The number of hydrogen-bond acceptors (Lipinski definition) is 3. The van der Waals surface area contributed by atoms with Crippen molar-refractivity contribution < 1.29 is 9.84 Å². The Hall–Kier alpha value is -3.24. The Morgan fingerprint density at radius 2 is 1.58 bits per heavy atom. The molecular formula is C21H15ClN2O2. The topological polar surface area (TPSA) is 47.3 Å². The number of aromatic nitrogens is 2. The molecule has 0 aliphatic rings. The van der Waals surface area contributed by atoms with Gasteiger partial charge in [0.2, 0.25) is 0 Å². The molecule has 0 unspecified atom stereocenters. The van der Waals surface area contributed by atoms with E-state index in [1.54, 1.807) is 22.9 Å². The van der Waals surface area contributed by atoms with Crippen molar-refractivity contribution >= 4 is 11.6 Å². The van der Waals surface area contributed by atoms with Gasteiger partial charge in [0.15, 0.2) is 11.5 Å². The van der Waals surface area contributed by atoms with Crippen LogP contribution in [0.4, 0.5) is 0 Å². The SMILES string of the molecule is Oc1ccccc1Oc1ccc(-c2ccn(-c3ccc(Cl)cc3)n2)cc1. The molecular weight excluding hydrogens is 348 g/mol. The number of ether oxygens (including phenoxy) is 1. The molecule has 0 atom stereocenters. The van der Waals surface area contributed by atoms with Gasteiger partial charge < -0.3 is 9.84 Å². The summed E-state index contributed by atoms with van der Waals surface area (Å²) in [4.78, 5) is 0. The van der Waals surface area contributed by atoms with Crippen LogP contribution >= 0.6 is 11.6 Å². The van der Waals surface area contributed by atoms with Gasteiger partial charge >= 0.3 is 0 Å². The van der Waals surface area contributed by atoms with Crippen molar-refractivity contribution in [2.75, 3.05) is 0 Å². The molecule has 4 nitrogen and oxygen atoms in total. The Labute approximate surface area is 155 Å². The smallest absolute Gasteiger partial charge is 0.169 e. The van der Waals surface area contributed by atoms with E-state index in [-0.39, 0.29) is 5.75 Å². The number of phenolic OH excluding ortho intramolecular Hbond substituents is 1. The quantitative estimate of drug-likeness (QED) is 0.507. The number of phenols is 1. The number of aromatic hydroxyl groups is 1. The molecule has 0 fully saturated rings. The molecule has 0 amide bonds. The zero-order chi connectivity index (χ0) is 17.9. The summed E-state index contributed by atoms with van der Waals surface area (Å²) in [6.45, 7) is 0. The lowest BCUT2D eigenvalue weighted by Gasteiger charge is -2.07. The van der Waals surface area contributed by atoms with Crippen LogP contribution in [0.25, 0.3) is 16.9 Å². The first-order valence-electron chi connectivity index (χ1n) is 8.07. The highest BCUT2D eigenvalue weighted by molar-refractivity contribution is 6.30. The molecule has 1 heterocycles. The van der Waals surface area contributed by atoms with Crippen LogP contribution in [0.3, 0.4) is 0 Å². The van der Waals surface area contributed by atoms with Crippen molar-refractivity contribution in [2.24, 2.45) is 0 Å². The number of hydrogen-bond donors (Lipinski definition) is 1. The second-order valence-electron chi connectivity index (χ2n) is 5.72. The Bertz CT molecular complexity index is 1020. The number of nitrogens with zero attached hydrogens (tertiary/aromatic N) is 2. The van der Waals surface area contributed by atoms with Crippen LogP contribution in [0.2, 0.25) is 5.02 Å². The highest BCUT2D eigenvalue weighted by Crippen LogP contribution is 2.31. The third-order valence-electron chi connectivity index (χ3n) is 3.92. The van der Waals surface area contributed by atoms with Gasteiger partial charge in [0.1, 0.15) is 5.75 Å². The maximum absolute atomic E-state index is 9.79. The van der Waals surface area contributed by atoms with Crippen molar-refractivity contribution in [1.29, 1.82) is 0 Å². The van der Waals surface area contributed by atoms with E-state index in [1.807, 2.05) is 66.9 Å². The van der Waals surface area contributed by atoms with Gasteiger partial charge in [-0.1, -0.05) is 23.7 Å². The average molecular weight is 363 g/mol. The summed E-state index contributed by atoms with van der Waals surface area (Å²) in [5.41, 5.74) is 2.77. The van der Waals surface area contributed by atoms with E-state index in [4.69, 9.17) is 16.3 Å². The van der Waals surface area contributed by atoms with Gasteiger partial charge in [0.25, 0.3) is 0 Å². The Balaban J connectivity index is 1.54. The molecule has 0 radical (unpaired) electrons. The van der Waals surface area contributed by atoms with Crippen LogP contribution in [0.1, 0.15) is 0 Å². The lowest BCUT2D eigenvalue weighted by molar-refractivity contribution is 0.411. The van der Waals surface area contributed by atoms with Gasteiger partial charge in [-0.15, -0.1) is 0 Å². The first kappa shape index (κ1) is 16.2. The predicted molar refractivity (Wildman–Crippen MR) is 102 cm³/mol. The first-order valence-corrected chi connectivity index (χ1v) is 8.45. The van der Waals surface area contributed by atoms with Crippen LogP contribution in [-0.2, 0) is 0 Å². The van der Waals surface area contributed by atoms with Crippen LogP contribution in [0, 0.1) is 0 Å². The molecule has 4 rings (SSSR count). The summed E-state index contributed by atoms with van der Waals surface area (Å²) in [6, 6.07) is 23.9. The van der Waals surface area contributed by atoms with Crippen molar-refractivity contribution in [3.8, 4) is 34.2 Å². The highest BCUT2D eigenvalue weighted by atomic mass is 35.5. The summed E-state index contributed by atoms with van der Waals surface area (Å²) in [7, 11) is 0. The molecule has 0 aliphatic carbocycles. The molecule has 5 heteroatoms. The fraction of sp³-hybridized carbons (Fsp3) is 0. The van der Waals surface area contributed by atoms with Gasteiger partial charge in [-0.05, 0) is 66.7 Å². The van der Waals surface area contributed by atoms with Crippen LogP contribution in [-0.4, -0.2) is 14.9 Å². The van der Waals surface area contributed by atoms with Crippen LogP contribution < -0.4 is 4.74 Å². The number of benzene rings is 3. The zero-order valence-electron chi connectivity index (χ0n) is 13.7. The van der Waals surface area contributed by atoms with Crippen LogP contribution in [0.15, 0.2) is 85.1 Å². The summed E-state index contributed by atoms with van der Waals surface area (Å²) < 4.78 is 7.50. The fourth-order valence-electron chi connectivity index (χ4n) is 2.58. The van der Waals surface area contributed by atoms with E-state index < -0.39 is 0 Å². The van der Waals surface area contributed by atoms with Gasteiger partial charge in [-0.25, -0.2) is 4.68 Å². The molecule has 0 aliphatic heterocycles. The van der Waals surface area contributed by atoms with E-state index >= 15 is 0 Å². The second-order valence-corrected chi connectivity index (χ2v) is 6.15. The van der Waals surface area contributed by atoms with Crippen molar-refractivity contribution in [3.63, 3.8) is 0 Å². The lowest BCUT2D eigenvalue weighted by atomic mass is 10.1. The molecule has 0 saturated carbocycles. The van der Waals surface area contributed by atoms with Gasteiger partial charge in [0.05, 0.1) is 11.4 Å². The summed E-state index contributed by atoms with van der Waals surface area (Å²) in [6.07, 6.45) is 1.91. The molecule has 0 spiro atoms. The molecule has 4 aromatic rings. The maximum atomic E-state index is 9.79. The van der Waals surface area contributed by atoms with E-state index in [2.05, 4.69) is 5.10 Å². The minimum absolute atomic E-state index is 0.110. The molecule has 128 valence electrons. The molecule has 0 saturated heterocycles. The summed E-state index contributed by atoms with van der Waals surface area (Å²) in [5, 5.41) is 15.1. The third kappa shape index (κ3) is 3.41. The molecule has 1 N–H and O–H groups in total. The first-order chi connectivity index (χ1) is 12.7. The molecule has 0 bridgehead atoms. The second kappa shape index (κ2) is 6.94. The Kier molecular flexibility index (Phi) is 4.33. The fourth-order valence-corrected chi connectivity index (χ4v) is 2.71. The standard InChI is InChI=1S/C21H15ClN2O2/c22-16-7-9-17(10-8-16)24-14-13-19(23-24)15-5-11-18(12-6-15)26-21-4-2-1-3-20(21)25/h1-14,25H. The third-order valence-corrected chi connectivity index (χ3v) is 4.18. The van der Waals surface area contributed by atoms with E-state index in [0.29, 0.717) is 16.5 Å². The largest absolute Gasteiger partial charge is 0.504 e. The molecule has 1 aromatic heterocycles. The summed E-state index contributed by atoms with van der Waals surface area (Å²) in [5.74, 6) is 1.18. The van der Waals surface area contributed by atoms with E-state index in [9.17, 15) is 5.11 Å². The number of halogens is 1. The van der Waals surface area contributed by atoms with Crippen LogP contribution in [0.5, 0.6) is 17.2 Å². The zero-order valence-corrected chi connectivity index (χ0v) is 14.5. The van der Waals surface area contributed by atoms with Crippen molar-refractivity contribution in [2.45, 2.75) is 0 Å². The van der Waals surface area contributed by atoms with Crippen molar-refractivity contribution in [1.82, 2.24) is 9.78 Å². The van der Waals surface area contributed by atoms with E-state index in [0.717, 1.165) is 16.9 Å². The van der Waals surface area contributed by atoms with Gasteiger partial charge in [0, 0.05) is 16.8 Å². The molecule has 3 aromatic carbocycles. The van der Waals surface area contributed by atoms with Crippen molar-refractivity contribution in [3.05, 3.63) is 90.1 Å². The number of rotatable bonds is 4. The van der Waals surface area contributed by atoms with Gasteiger partial charge in [-0.2, -0.15) is 5.10 Å². The molecule has 26 heavy (non-hydrogen) atoms. The predicted octanol–water partition coefficient (Wildman–Crippen LogP) is 5.69.